The van der Waals surface area contributed by atoms with Gasteiger partial charge in [0.1, 0.15) is 6.61 Å². The topological polar surface area (TPSA) is 31.2 Å². The Morgan fingerprint density at radius 3 is 3.00 bits per heavy atom. The highest BCUT2D eigenvalue weighted by Crippen LogP contribution is 2.03. The third-order valence-electron chi connectivity index (χ3n) is 1.11. The van der Waals surface area contributed by atoms with E-state index >= 15 is 0 Å². The van der Waals surface area contributed by atoms with Crippen molar-refractivity contribution in [3.63, 3.8) is 0 Å². The van der Waals surface area contributed by atoms with Crippen LogP contribution >= 0.6 is 15.9 Å². The zero-order valence-electron chi connectivity index (χ0n) is 6.08. The van der Waals surface area contributed by atoms with Crippen LogP contribution in [0.4, 0.5) is 0 Å². The summed E-state index contributed by atoms with van der Waals surface area (Å²) in [6.45, 7) is 2.31. The van der Waals surface area contributed by atoms with Gasteiger partial charge >= 0.3 is 0 Å². The quantitative estimate of drug-likeness (QED) is 0.743. The molecule has 0 aromatic carbocycles. The van der Waals surface area contributed by atoms with Gasteiger partial charge in [0.2, 0.25) is 0 Å². The minimum absolute atomic E-state index is 0.157. The van der Waals surface area contributed by atoms with Crippen LogP contribution < -0.4 is 10.4 Å². The first kappa shape index (κ1) is 8.33. The number of pyridine rings is 1. The second kappa shape index (κ2) is 3.57. The molecule has 3 nitrogen and oxygen atoms in total. The average Bonchev–Trinajstić information content (AvgIpc) is 1.98. The Morgan fingerprint density at radius 1 is 1.64 bits per heavy atom. The van der Waals surface area contributed by atoms with Crippen LogP contribution in [0.3, 0.4) is 0 Å². The van der Waals surface area contributed by atoms with Crippen molar-refractivity contribution >= 4 is 15.9 Å². The first-order valence-corrected chi connectivity index (χ1v) is 4.05. The molecule has 0 fully saturated rings. The Hall–Kier alpha value is -0.770. The van der Waals surface area contributed by atoms with Gasteiger partial charge in [-0.15, -0.1) is 0 Å². The Labute approximate surface area is 72.7 Å². The fraction of sp³-hybridized carbons (Fsp3) is 0.286. The van der Waals surface area contributed by atoms with E-state index in [4.69, 9.17) is 4.84 Å². The minimum Gasteiger partial charge on any atom is -0.411 e. The van der Waals surface area contributed by atoms with E-state index in [9.17, 15) is 4.79 Å². The summed E-state index contributed by atoms with van der Waals surface area (Å²) in [5.41, 5.74) is -0.157. The van der Waals surface area contributed by atoms with Crippen LogP contribution in [0.25, 0.3) is 0 Å². The van der Waals surface area contributed by atoms with Crippen molar-refractivity contribution in [2.24, 2.45) is 0 Å². The fourth-order valence-electron chi connectivity index (χ4n) is 0.683. The number of nitrogens with zero attached hydrogens (tertiary/aromatic N) is 1. The van der Waals surface area contributed by atoms with Gasteiger partial charge in [0.15, 0.2) is 0 Å². The minimum atomic E-state index is -0.157. The molecule has 11 heavy (non-hydrogen) atoms. The zero-order valence-corrected chi connectivity index (χ0v) is 7.67. The lowest BCUT2D eigenvalue weighted by Crippen LogP contribution is -2.25. The van der Waals surface area contributed by atoms with Crippen molar-refractivity contribution in [3.8, 4) is 0 Å². The molecule has 1 aromatic rings. The zero-order chi connectivity index (χ0) is 8.27. The lowest BCUT2D eigenvalue weighted by Gasteiger charge is -2.04. The molecule has 60 valence electrons. The Bertz CT molecular complexity index is 295. The summed E-state index contributed by atoms with van der Waals surface area (Å²) in [6.07, 6.45) is 1.59. The van der Waals surface area contributed by atoms with Crippen molar-refractivity contribution in [2.45, 2.75) is 6.92 Å². The average molecular weight is 218 g/mol. The largest absolute Gasteiger partial charge is 0.411 e. The second-order valence-electron chi connectivity index (χ2n) is 1.93. The maximum absolute atomic E-state index is 11.0. The van der Waals surface area contributed by atoms with E-state index in [-0.39, 0.29) is 5.56 Å². The number of hydrogen-bond donors (Lipinski definition) is 0. The molecule has 0 unspecified atom stereocenters. The SMILES string of the molecule is CCOn1cc(Br)ccc1=O. The number of hydrogen-bond acceptors (Lipinski definition) is 2. The Morgan fingerprint density at radius 2 is 2.36 bits per heavy atom. The van der Waals surface area contributed by atoms with Crippen molar-refractivity contribution < 1.29 is 4.84 Å². The number of aromatic nitrogens is 1. The molecular formula is C7H8BrNO2. The smallest absolute Gasteiger partial charge is 0.283 e. The van der Waals surface area contributed by atoms with E-state index in [1.807, 2.05) is 6.92 Å². The van der Waals surface area contributed by atoms with Gasteiger partial charge in [0, 0.05) is 10.5 Å². The van der Waals surface area contributed by atoms with Gasteiger partial charge in [0.25, 0.3) is 5.56 Å². The van der Waals surface area contributed by atoms with Crippen LogP contribution in [-0.2, 0) is 0 Å². The van der Waals surface area contributed by atoms with Crippen LogP contribution in [0, 0.1) is 0 Å². The summed E-state index contributed by atoms with van der Waals surface area (Å²) in [7, 11) is 0. The maximum Gasteiger partial charge on any atom is 0.283 e. The predicted molar refractivity (Wildman–Crippen MR) is 45.5 cm³/mol. The maximum atomic E-state index is 11.0. The molecule has 1 rings (SSSR count). The van der Waals surface area contributed by atoms with E-state index in [1.165, 1.54) is 10.8 Å². The van der Waals surface area contributed by atoms with Crippen LogP contribution in [0.2, 0.25) is 0 Å². The third kappa shape index (κ3) is 2.08. The van der Waals surface area contributed by atoms with Gasteiger partial charge < -0.3 is 4.84 Å². The summed E-state index contributed by atoms with van der Waals surface area (Å²) in [6, 6.07) is 3.12. The summed E-state index contributed by atoms with van der Waals surface area (Å²) < 4.78 is 2.02. The van der Waals surface area contributed by atoms with Gasteiger partial charge in [-0.3, -0.25) is 4.79 Å². The Balaban J connectivity index is 3.03. The molecule has 0 atom stereocenters. The molecule has 0 aliphatic rings. The number of rotatable bonds is 2. The molecule has 1 aromatic heterocycles. The molecule has 0 aliphatic heterocycles. The number of halogens is 1. The van der Waals surface area contributed by atoms with Gasteiger partial charge in [-0.25, -0.2) is 0 Å². The molecule has 0 saturated carbocycles. The molecule has 1 heterocycles. The van der Waals surface area contributed by atoms with Crippen LogP contribution in [0.5, 0.6) is 0 Å². The van der Waals surface area contributed by atoms with Crippen molar-refractivity contribution in [1.82, 2.24) is 4.73 Å². The van der Waals surface area contributed by atoms with E-state index in [2.05, 4.69) is 15.9 Å². The molecular weight excluding hydrogens is 210 g/mol. The summed E-state index contributed by atoms with van der Waals surface area (Å²) in [5, 5.41) is 0. The standard InChI is InChI=1S/C7H8BrNO2/c1-2-11-9-5-6(8)3-4-7(9)10/h3-5H,2H2,1H3. The molecule has 0 saturated heterocycles. The van der Waals surface area contributed by atoms with Gasteiger partial charge in [-0.1, -0.05) is 0 Å². The van der Waals surface area contributed by atoms with Crippen molar-refractivity contribution in [3.05, 3.63) is 33.2 Å². The molecule has 0 N–H and O–H groups in total. The lowest BCUT2D eigenvalue weighted by molar-refractivity contribution is 0.113. The highest BCUT2D eigenvalue weighted by Gasteiger charge is 1.94. The van der Waals surface area contributed by atoms with Gasteiger partial charge in [-0.05, 0) is 28.9 Å². The van der Waals surface area contributed by atoms with Gasteiger partial charge in [0.05, 0.1) is 6.20 Å². The third-order valence-corrected chi connectivity index (χ3v) is 1.58. The first-order valence-electron chi connectivity index (χ1n) is 3.25. The predicted octanol–water partition coefficient (Wildman–Crippen LogP) is 1.06. The molecule has 0 amide bonds. The second-order valence-corrected chi connectivity index (χ2v) is 2.84. The van der Waals surface area contributed by atoms with Crippen molar-refractivity contribution in [1.29, 1.82) is 0 Å². The van der Waals surface area contributed by atoms with E-state index in [0.717, 1.165) is 4.47 Å². The van der Waals surface area contributed by atoms with E-state index in [0.29, 0.717) is 6.61 Å². The van der Waals surface area contributed by atoms with Gasteiger partial charge in [-0.2, -0.15) is 4.73 Å². The van der Waals surface area contributed by atoms with Crippen LogP contribution in [0.15, 0.2) is 27.6 Å². The highest BCUT2D eigenvalue weighted by atomic mass is 79.9. The fourth-order valence-corrected chi connectivity index (χ4v) is 1.00. The first-order chi connectivity index (χ1) is 5.24. The van der Waals surface area contributed by atoms with E-state index in [1.54, 1.807) is 12.3 Å². The normalized spacial score (nSPS) is 9.64. The summed E-state index contributed by atoms with van der Waals surface area (Å²) in [4.78, 5) is 16.0. The van der Waals surface area contributed by atoms with Crippen LogP contribution in [-0.4, -0.2) is 11.3 Å². The molecule has 0 bridgehead atoms. The molecule has 4 heteroatoms. The monoisotopic (exact) mass is 217 g/mol. The molecule has 0 spiro atoms. The molecule has 0 aliphatic carbocycles. The highest BCUT2D eigenvalue weighted by molar-refractivity contribution is 9.10. The summed E-state index contributed by atoms with van der Waals surface area (Å²) in [5.74, 6) is 0. The summed E-state index contributed by atoms with van der Waals surface area (Å²) >= 11 is 3.23. The lowest BCUT2D eigenvalue weighted by atomic mass is 10.5. The van der Waals surface area contributed by atoms with E-state index < -0.39 is 0 Å². The molecule has 0 radical (unpaired) electrons. The van der Waals surface area contributed by atoms with Crippen LogP contribution in [0.1, 0.15) is 6.92 Å². The van der Waals surface area contributed by atoms with Crippen molar-refractivity contribution in [2.75, 3.05) is 6.61 Å². The Kier molecular flexibility index (Phi) is 2.70.